The summed E-state index contributed by atoms with van der Waals surface area (Å²) in [6.07, 6.45) is 19.5. The molecule has 0 spiro atoms. The predicted molar refractivity (Wildman–Crippen MR) is 127 cm³/mol. The lowest BCUT2D eigenvalue weighted by Crippen LogP contribution is -2.51. The van der Waals surface area contributed by atoms with Crippen LogP contribution in [-0.4, -0.2) is 30.7 Å². The van der Waals surface area contributed by atoms with Gasteiger partial charge in [0.1, 0.15) is 0 Å². The summed E-state index contributed by atoms with van der Waals surface area (Å²) in [4.78, 5) is 0. The lowest BCUT2D eigenvalue weighted by Gasteiger charge is -2.39. The lowest BCUT2D eigenvalue weighted by molar-refractivity contribution is -0.929. The highest BCUT2D eigenvalue weighted by molar-refractivity contribution is 5.14. The van der Waals surface area contributed by atoms with Gasteiger partial charge < -0.3 is 4.48 Å². The smallest absolute Gasteiger partial charge is 0.0789 e. The van der Waals surface area contributed by atoms with Crippen LogP contribution in [0, 0.1) is 0 Å². The minimum absolute atomic E-state index is 1.25. The summed E-state index contributed by atoms with van der Waals surface area (Å²) < 4.78 is 1.41. The number of hydrogen-bond acceptors (Lipinski definition) is 0. The van der Waals surface area contributed by atoms with Gasteiger partial charge in [-0.3, -0.25) is 0 Å². The van der Waals surface area contributed by atoms with E-state index in [0.29, 0.717) is 0 Å². The van der Waals surface area contributed by atoms with E-state index in [-0.39, 0.29) is 0 Å². The second-order valence-corrected chi connectivity index (χ2v) is 9.01. The van der Waals surface area contributed by atoms with E-state index in [0.717, 1.165) is 0 Å². The van der Waals surface area contributed by atoms with Crippen LogP contribution in [0.5, 0.6) is 0 Å². The molecule has 1 rings (SSSR count). The molecular formula is C27H50N+. The topological polar surface area (TPSA) is 0 Å². The summed E-state index contributed by atoms with van der Waals surface area (Å²) in [5.74, 6) is 0. The number of hydrogen-bond donors (Lipinski definition) is 0. The standard InChI is InChI=1S/C27H50N/c1-4-7-10-16-23-28(24-17-11-8-5-2,25-18-12-9-6-3)26-19-22-27-20-14-13-15-21-27/h13-15,20-21H,4-12,16-19,22-26H2,1-3H3/q+1. The van der Waals surface area contributed by atoms with Gasteiger partial charge in [0.15, 0.2) is 0 Å². The fourth-order valence-electron chi connectivity index (χ4n) is 4.56. The van der Waals surface area contributed by atoms with E-state index in [1.165, 1.54) is 126 Å². The molecule has 0 aliphatic rings. The van der Waals surface area contributed by atoms with Crippen LogP contribution >= 0.6 is 0 Å². The Morgan fingerprint density at radius 1 is 0.500 bits per heavy atom. The molecule has 0 aliphatic carbocycles. The fourth-order valence-corrected chi connectivity index (χ4v) is 4.56. The molecule has 1 aromatic rings. The van der Waals surface area contributed by atoms with Crippen LogP contribution in [0.25, 0.3) is 0 Å². The molecule has 0 heterocycles. The summed E-state index contributed by atoms with van der Waals surface area (Å²) in [5, 5.41) is 0. The maximum Gasteiger partial charge on any atom is 0.0789 e. The zero-order valence-electron chi connectivity index (χ0n) is 19.6. The van der Waals surface area contributed by atoms with Crippen molar-refractivity contribution in [3.05, 3.63) is 35.9 Å². The van der Waals surface area contributed by atoms with Gasteiger partial charge in [-0.2, -0.15) is 0 Å². The maximum absolute atomic E-state index is 2.33. The molecule has 0 amide bonds. The van der Waals surface area contributed by atoms with Crippen LogP contribution < -0.4 is 0 Å². The van der Waals surface area contributed by atoms with Gasteiger partial charge in [0.05, 0.1) is 26.2 Å². The van der Waals surface area contributed by atoms with Gasteiger partial charge in [0.2, 0.25) is 0 Å². The maximum atomic E-state index is 2.33. The van der Waals surface area contributed by atoms with Crippen LogP contribution in [0.2, 0.25) is 0 Å². The Morgan fingerprint density at radius 2 is 0.929 bits per heavy atom. The normalized spacial score (nSPS) is 11.8. The van der Waals surface area contributed by atoms with Crippen molar-refractivity contribution in [2.75, 3.05) is 26.2 Å². The molecule has 0 fully saturated rings. The SMILES string of the molecule is CCCCCC[N+](CCCCCC)(CCCCCC)CCCc1ccccc1. The second-order valence-electron chi connectivity index (χ2n) is 9.01. The van der Waals surface area contributed by atoms with Gasteiger partial charge in [-0.1, -0.05) is 89.6 Å². The fraction of sp³-hybridized carbons (Fsp3) is 0.778. The van der Waals surface area contributed by atoms with Gasteiger partial charge in [0, 0.05) is 6.42 Å². The number of quaternary nitrogens is 1. The number of aryl methyl sites for hydroxylation is 1. The van der Waals surface area contributed by atoms with Crippen molar-refractivity contribution in [2.24, 2.45) is 0 Å². The third-order valence-corrected chi connectivity index (χ3v) is 6.40. The van der Waals surface area contributed by atoms with Crippen molar-refractivity contribution in [2.45, 2.75) is 111 Å². The first-order chi connectivity index (χ1) is 13.8. The van der Waals surface area contributed by atoms with Crippen LogP contribution in [0.15, 0.2) is 30.3 Å². The van der Waals surface area contributed by atoms with E-state index in [9.17, 15) is 0 Å². The van der Waals surface area contributed by atoms with Gasteiger partial charge in [-0.15, -0.1) is 0 Å². The summed E-state index contributed by atoms with van der Waals surface area (Å²) in [6, 6.07) is 11.1. The monoisotopic (exact) mass is 388 g/mol. The Balaban J connectivity index is 2.66. The third kappa shape index (κ3) is 11.9. The molecule has 0 radical (unpaired) electrons. The summed E-state index contributed by atoms with van der Waals surface area (Å²) in [7, 11) is 0. The highest BCUT2D eigenvalue weighted by Crippen LogP contribution is 2.19. The number of nitrogens with zero attached hydrogens (tertiary/aromatic N) is 1. The zero-order valence-corrected chi connectivity index (χ0v) is 19.6. The van der Waals surface area contributed by atoms with E-state index in [1.807, 2.05) is 0 Å². The van der Waals surface area contributed by atoms with Crippen molar-refractivity contribution in [1.82, 2.24) is 0 Å². The highest BCUT2D eigenvalue weighted by atomic mass is 15.3. The van der Waals surface area contributed by atoms with Crippen LogP contribution in [0.3, 0.4) is 0 Å². The largest absolute Gasteiger partial charge is 0.324 e. The minimum atomic E-state index is 1.25. The van der Waals surface area contributed by atoms with E-state index < -0.39 is 0 Å². The number of rotatable bonds is 19. The van der Waals surface area contributed by atoms with Crippen molar-refractivity contribution in [1.29, 1.82) is 0 Å². The molecule has 0 saturated heterocycles. The molecular weight excluding hydrogens is 338 g/mol. The molecule has 1 nitrogen and oxygen atoms in total. The van der Waals surface area contributed by atoms with E-state index >= 15 is 0 Å². The van der Waals surface area contributed by atoms with Crippen molar-refractivity contribution in [3.63, 3.8) is 0 Å². The average molecular weight is 389 g/mol. The highest BCUT2D eigenvalue weighted by Gasteiger charge is 2.25. The first-order valence-corrected chi connectivity index (χ1v) is 12.7. The molecule has 0 atom stereocenters. The number of benzene rings is 1. The first kappa shape index (κ1) is 25.2. The second kappa shape index (κ2) is 17.1. The van der Waals surface area contributed by atoms with Gasteiger partial charge >= 0.3 is 0 Å². The number of unbranched alkanes of at least 4 members (excludes halogenated alkanes) is 9. The van der Waals surface area contributed by atoms with Gasteiger partial charge in [-0.25, -0.2) is 0 Å². The molecule has 0 aromatic heterocycles. The first-order valence-electron chi connectivity index (χ1n) is 12.7. The molecule has 0 unspecified atom stereocenters. The van der Waals surface area contributed by atoms with Crippen LogP contribution in [0.4, 0.5) is 0 Å². The summed E-state index contributed by atoms with van der Waals surface area (Å²) in [5.41, 5.74) is 1.52. The molecule has 1 aromatic carbocycles. The van der Waals surface area contributed by atoms with Gasteiger partial charge in [-0.05, 0) is 50.5 Å². The Hall–Kier alpha value is -0.820. The Kier molecular flexibility index (Phi) is 15.4. The molecule has 1 heteroatoms. The lowest BCUT2D eigenvalue weighted by atomic mass is 10.1. The predicted octanol–water partition coefficient (Wildman–Crippen LogP) is 8.18. The Bertz CT molecular complexity index is 408. The zero-order chi connectivity index (χ0) is 20.3. The van der Waals surface area contributed by atoms with Crippen LogP contribution in [0.1, 0.15) is 110 Å². The third-order valence-electron chi connectivity index (χ3n) is 6.40. The molecule has 28 heavy (non-hydrogen) atoms. The average Bonchev–Trinajstić information content (AvgIpc) is 2.72. The molecule has 0 N–H and O–H groups in total. The van der Waals surface area contributed by atoms with Crippen molar-refractivity contribution < 1.29 is 4.48 Å². The Morgan fingerprint density at radius 3 is 1.36 bits per heavy atom. The van der Waals surface area contributed by atoms with Crippen LogP contribution in [-0.2, 0) is 6.42 Å². The molecule has 0 bridgehead atoms. The summed E-state index contributed by atoms with van der Waals surface area (Å²) >= 11 is 0. The molecule has 0 aliphatic heterocycles. The quantitative estimate of drug-likeness (QED) is 0.165. The molecule has 162 valence electrons. The van der Waals surface area contributed by atoms with E-state index in [2.05, 4.69) is 51.1 Å². The minimum Gasteiger partial charge on any atom is -0.324 e. The van der Waals surface area contributed by atoms with E-state index in [1.54, 1.807) is 0 Å². The molecule has 0 saturated carbocycles. The van der Waals surface area contributed by atoms with Crippen molar-refractivity contribution >= 4 is 0 Å². The summed E-state index contributed by atoms with van der Waals surface area (Å²) in [6.45, 7) is 12.7. The van der Waals surface area contributed by atoms with E-state index in [4.69, 9.17) is 0 Å². The Labute approximate surface area is 177 Å². The van der Waals surface area contributed by atoms with Gasteiger partial charge in [0.25, 0.3) is 0 Å². The van der Waals surface area contributed by atoms with Crippen molar-refractivity contribution in [3.8, 4) is 0 Å².